The maximum atomic E-state index is 10.8. The third kappa shape index (κ3) is 10.3. The van der Waals surface area contributed by atoms with Gasteiger partial charge in [-0.05, 0) is 13.3 Å². The van der Waals surface area contributed by atoms with Gasteiger partial charge in [-0.15, -0.1) is 0 Å². The fourth-order valence-corrected chi connectivity index (χ4v) is 3.04. The Kier molecular flexibility index (Phi) is 13.3. The quantitative estimate of drug-likeness (QED) is 0.320. The van der Waals surface area contributed by atoms with E-state index in [1.54, 1.807) is 0 Å². The summed E-state index contributed by atoms with van der Waals surface area (Å²) in [5.74, 6) is -1.23. The average Bonchev–Trinajstić information content (AvgIpc) is 2.51. The largest absolute Gasteiger partial charge is 0.481 e. The molecule has 4 N–H and O–H groups in total. The summed E-state index contributed by atoms with van der Waals surface area (Å²) in [4.78, 5) is 10.8. The first-order valence-corrected chi connectivity index (χ1v) is 9.64. The highest BCUT2D eigenvalue weighted by Crippen LogP contribution is 2.25. The van der Waals surface area contributed by atoms with Crippen molar-refractivity contribution in [1.82, 2.24) is 0 Å². The van der Waals surface area contributed by atoms with Crippen LogP contribution in [0.3, 0.4) is 0 Å². The molecule has 0 spiro atoms. The second-order valence-corrected chi connectivity index (χ2v) is 7.08. The number of carboxylic acid groups (broad SMARTS) is 1. The molecular formula is C19H38O5. The van der Waals surface area contributed by atoms with E-state index in [9.17, 15) is 20.1 Å². The Balaban J connectivity index is 3.73. The van der Waals surface area contributed by atoms with Crippen molar-refractivity contribution < 1.29 is 25.2 Å². The first-order valence-electron chi connectivity index (χ1n) is 9.64. The number of unbranched alkanes of at least 4 members (excludes halogenated alkanes) is 10. The molecule has 0 saturated carbocycles. The maximum absolute atomic E-state index is 10.8. The summed E-state index contributed by atoms with van der Waals surface area (Å²) in [5.41, 5.74) is -1.97. The summed E-state index contributed by atoms with van der Waals surface area (Å²) in [5, 5.41) is 38.7. The molecule has 5 nitrogen and oxygen atoms in total. The fourth-order valence-electron chi connectivity index (χ4n) is 3.04. The molecule has 0 aromatic rings. The Morgan fingerprint density at radius 2 is 1.29 bits per heavy atom. The molecular weight excluding hydrogens is 308 g/mol. The summed E-state index contributed by atoms with van der Waals surface area (Å²) < 4.78 is 0. The van der Waals surface area contributed by atoms with Gasteiger partial charge in [0.25, 0.3) is 0 Å². The van der Waals surface area contributed by atoms with Crippen LogP contribution in [0, 0.1) is 0 Å². The molecule has 0 fully saturated rings. The minimum absolute atomic E-state index is 0.311. The van der Waals surface area contributed by atoms with Crippen LogP contribution < -0.4 is 0 Å². The molecule has 0 saturated heterocycles. The lowest BCUT2D eigenvalue weighted by Gasteiger charge is -2.34. The Morgan fingerprint density at radius 1 is 0.875 bits per heavy atom. The van der Waals surface area contributed by atoms with Gasteiger partial charge >= 0.3 is 5.97 Å². The number of rotatable bonds is 16. The topological polar surface area (TPSA) is 98.0 Å². The summed E-state index contributed by atoms with van der Waals surface area (Å²) in [7, 11) is 0. The van der Waals surface area contributed by atoms with Gasteiger partial charge in [0.15, 0.2) is 0 Å². The molecule has 0 heterocycles. The molecule has 144 valence electrons. The predicted molar refractivity (Wildman–Crippen MR) is 96.0 cm³/mol. The highest BCUT2D eigenvalue weighted by molar-refractivity contribution is 5.68. The number of aliphatic carboxylic acids is 1. The SMILES string of the molecule is CCCCCCCCCCCCCC(O)C(O)(CC(=O)O)C(C)O. The van der Waals surface area contributed by atoms with E-state index in [1.807, 2.05) is 0 Å². The molecule has 0 aliphatic rings. The lowest BCUT2D eigenvalue weighted by atomic mass is 9.85. The monoisotopic (exact) mass is 346 g/mol. The van der Waals surface area contributed by atoms with Crippen LogP contribution in [0.4, 0.5) is 0 Å². The lowest BCUT2D eigenvalue weighted by molar-refractivity contribution is -0.168. The molecule has 0 rings (SSSR count). The number of aliphatic hydroxyl groups is 3. The molecule has 24 heavy (non-hydrogen) atoms. The minimum atomic E-state index is -1.97. The van der Waals surface area contributed by atoms with Crippen molar-refractivity contribution in [2.24, 2.45) is 0 Å². The fraction of sp³-hybridized carbons (Fsp3) is 0.947. The normalized spacial score (nSPS) is 16.5. The van der Waals surface area contributed by atoms with Crippen LogP contribution in [0.15, 0.2) is 0 Å². The molecule has 0 bridgehead atoms. The lowest BCUT2D eigenvalue weighted by Crippen LogP contribution is -2.52. The van der Waals surface area contributed by atoms with Gasteiger partial charge in [-0.25, -0.2) is 0 Å². The van der Waals surface area contributed by atoms with Gasteiger partial charge in [-0.3, -0.25) is 4.79 Å². The van der Waals surface area contributed by atoms with E-state index in [0.29, 0.717) is 6.42 Å². The summed E-state index contributed by atoms with van der Waals surface area (Å²) in [6.45, 7) is 3.54. The molecule has 3 unspecified atom stereocenters. The van der Waals surface area contributed by atoms with Gasteiger partial charge < -0.3 is 20.4 Å². The average molecular weight is 347 g/mol. The molecule has 0 amide bonds. The zero-order valence-electron chi connectivity index (χ0n) is 15.5. The standard InChI is InChI=1S/C19H38O5/c1-3-4-5-6-7-8-9-10-11-12-13-14-17(21)19(24,16(2)20)15-18(22)23/h16-17,20-21,24H,3-15H2,1-2H3,(H,22,23). The van der Waals surface area contributed by atoms with Gasteiger partial charge in [-0.2, -0.15) is 0 Å². The first-order chi connectivity index (χ1) is 11.3. The highest BCUT2D eigenvalue weighted by Gasteiger charge is 2.42. The molecule has 3 atom stereocenters. The van der Waals surface area contributed by atoms with E-state index in [4.69, 9.17) is 5.11 Å². The summed E-state index contributed by atoms with van der Waals surface area (Å²) >= 11 is 0. The Labute approximate surface area is 147 Å². The summed E-state index contributed by atoms with van der Waals surface area (Å²) in [6, 6.07) is 0. The van der Waals surface area contributed by atoms with Crippen LogP contribution in [-0.4, -0.2) is 44.2 Å². The molecule has 0 aliphatic heterocycles. The summed E-state index contributed by atoms with van der Waals surface area (Å²) in [6.07, 6.45) is 10.3. The van der Waals surface area contributed by atoms with E-state index in [0.717, 1.165) is 19.3 Å². The van der Waals surface area contributed by atoms with E-state index >= 15 is 0 Å². The van der Waals surface area contributed by atoms with Crippen LogP contribution >= 0.6 is 0 Å². The second-order valence-electron chi connectivity index (χ2n) is 7.08. The molecule has 0 aromatic heterocycles. The Bertz CT molecular complexity index is 319. The minimum Gasteiger partial charge on any atom is -0.481 e. The number of hydrogen-bond acceptors (Lipinski definition) is 4. The van der Waals surface area contributed by atoms with Crippen molar-refractivity contribution in [3.05, 3.63) is 0 Å². The van der Waals surface area contributed by atoms with Crippen LogP contribution in [0.25, 0.3) is 0 Å². The Hall–Kier alpha value is -0.650. The van der Waals surface area contributed by atoms with Gasteiger partial charge in [0.05, 0.1) is 18.6 Å². The van der Waals surface area contributed by atoms with Crippen LogP contribution in [-0.2, 0) is 4.79 Å². The number of hydrogen-bond donors (Lipinski definition) is 4. The van der Waals surface area contributed by atoms with Gasteiger partial charge in [0.1, 0.15) is 5.60 Å². The van der Waals surface area contributed by atoms with Crippen molar-refractivity contribution in [1.29, 1.82) is 0 Å². The highest BCUT2D eigenvalue weighted by atomic mass is 16.4. The number of carboxylic acids is 1. The van der Waals surface area contributed by atoms with Crippen molar-refractivity contribution in [3.8, 4) is 0 Å². The third-order valence-corrected chi connectivity index (χ3v) is 4.82. The molecule has 0 radical (unpaired) electrons. The molecule has 5 heteroatoms. The zero-order valence-corrected chi connectivity index (χ0v) is 15.5. The van der Waals surface area contributed by atoms with E-state index in [2.05, 4.69) is 6.92 Å². The second kappa shape index (κ2) is 13.6. The van der Waals surface area contributed by atoms with E-state index < -0.39 is 30.2 Å². The van der Waals surface area contributed by atoms with Gasteiger partial charge in [0.2, 0.25) is 0 Å². The van der Waals surface area contributed by atoms with Crippen LogP contribution in [0.1, 0.15) is 97.3 Å². The first kappa shape index (κ1) is 23.4. The predicted octanol–water partition coefficient (Wildman–Crippen LogP) is 3.64. The van der Waals surface area contributed by atoms with E-state index in [1.165, 1.54) is 58.3 Å². The number of carbonyl (C=O) groups is 1. The van der Waals surface area contributed by atoms with Crippen molar-refractivity contribution in [2.75, 3.05) is 0 Å². The van der Waals surface area contributed by atoms with Crippen molar-refractivity contribution in [2.45, 2.75) is 115 Å². The zero-order chi connectivity index (χ0) is 18.4. The van der Waals surface area contributed by atoms with Gasteiger partial charge in [0, 0.05) is 0 Å². The number of aliphatic hydroxyl groups excluding tert-OH is 2. The maximum Gasteiger partial charge on any atom is 0.306 e. The molecule has 0 aliphatic carbocycles. The van der Waals surface area contributed by atoms with Crippen LogP contribution in [0.2, 0.25) is 0 Å². The van der Waals surface area contributed by atoms with Crippen molar-refractivity contribution in [3.63, 3.8) is 0 Å². The van der Waals surface area contributed by atoms with Crippen LogP contribution in [0.5, 0.6) is 0 Å². The Morgan fingerprint density at radius 3 is 1.67 bits per heavy atom. The van der Waals surface area contributed by atoms with Gasteiger partial charge in [-0.1, -0.05) is 77.6 Å². The molecule has 0 aromatic carbocycles. The van der Waals surface area contributed by atoms with E-state index in [-0.39, 0.29) is 0 Å². The van der Waals surface area contributed by atoms with Crippen molar-refractivity contribution >= 4 is 5.97 Å². The smallest absolute Gasteiger partial charge is 0.306 e. The third-order valence-electron chi connectivity index (χ3n) is 4.82.